The van der Waals surface area contributed by atoms with Crippen LogP contribution in [0.5, 0.6) is 0 Å². The molecule has 1 aromatic rings. The van der Waals surface area contributed by atoms with Crippen LogP contribution in [0.1, 0.15) is 32.3 Å². The number of nitrogens with one attached hydrogen (secondary N) is 2. The molecular formula is C20H30F3N5O. The smallest absolute Gasteiger partial charge is 0.352 e. The first-order valence-corrected chi connectivity index (χ1v) is 9.89. The van der Waals surface area contributed by atoms with Crippen LogP contribution in [0.4, 0.5) is 18.9 Å². The van der Waals surface area contributed by atoms with Crippen molar-refractivity contribution < 1.29 is 18.0 Å². The molecule has 29 heavy (non-hydrogen) atoms. The number of rotatable bonds is 6. The highest BCUT2D eigenvalue weighted by atomic mass is 19.4. The highest BCUT2D eigenvalue weighted by molar-refractivity contribution is 5.90. The van der Waals surface area contributed by atoms with Crippen LogP contribution >= 0.6 is 0 Å². The van der Waals surface area contributed by atoms with Gasteiger partial charge in [0, 0.05) is 51.9 Å². The fourth-order valence-electron chi connectivity index (χ4n) is 3.20. The van der Waals surface area contributed by atoms with Crippen molar-refractivity contribution in [1.29, 1.82) is 0 Å². The molecule has 162 valence electrons. The molecule has 1 fully saturated rings. The number of benzene rings is 1. The summed E-state index contributed by atoms with van der Waals surface area (Å²) in [6, 6.07) is 6.11. The molecule has 1 atom stereocenters. The third kappa shape index (κ3) is 6.92. The average Bonchev–Trinajstić information content (AvgIpc) is 2.69. The lowest BCUT2D eigenvalue weighted by molar-refractivity contribution is -0.181. The van der Waals surface area contributed by atoms with E-state index in [0.29, 0.717) is 45.1 Å². The van der Waals surface area contributed by atoms with E-state index in [4.69, 9.17) is 0 Å². The standard InChI is InChI=1S/C20H30F3N5O/c1-4-5-18(29)26-17-8-6-16(7-9-17)14-25-19(24-3)28-12-10-27(11-13-28)15(2)20(21,22)23/h6-9,15H,4-5,10-14H2,1-3H3,(H,24,25)(H,26,29). The number of halogens is 3. The fourth-order valence-corrected chi connectivity index (χ4v) is 3.20. The maximum atomic E-state index is 12.9. The molecular weight excluding hydrogens is 383 g/mol. The minimum Gasteiger partial charge on any atom is -0.352 e. The van der Waals surface area contributed by atoms with Crippen molar-refractivity contribution in [2.45, 2.75) is 45.5 Å². The monoisotopic (exact) mass is 413 g/mol. The molecule has 0 bridgehead atoms. The Morgan fingerprint density at radius 2 is 1.79 bits per heavy atom. The van der Waals surface area contributed by atoms with E-state index in [1.807, 2.05) is 36.1 Å². The number of nitrogens with zero attached hydrogens (tertiary/aromatic N) is 3. The van der Waals surface area contributed by atoms with Crippen LogP contribution in [0.15, 0.2) is 29.3 Å². The van der Waals surface area contributed by atoms with Gasteiger partial charge in [0.05, 0.1) is 0 Å². The highest BCUT2D eigenvalue weighted by Gasteiger charge is 2.41. The number of guanidine groups is 1. The van der Waals surface area contributed by atoms with Crippen LogP contribution in [0, 0.1) is 0 Å². The summed E-state index contributed by atoms with van der Waals surface area (Å²) in [5.41, 5.74) is 1.77. The lowest BCUT2D eigenvalue weighted by atomic mass is 10.2. The normalized spacial score (nSPS) is 17.2. The third-order valence-electron chi connectivity index (χ3n) is 5.01. The molecule has 1 unspecified atom stereocenters. The number of hydrogen-bond donors (Lipinski definition) is 2. The molecule has 1 amide bonds. The van der Waals surface area contributed by atoms with Gasteiger partial charge in [0.1, 0.15) is 6.04 Å². The zero-order valence-electron chi connectivity index (χ0n) is 17.2. The molecule has 0 saturated carbocycles. The number of alkyl halides is 3. The van der Waals surface area contributed by atoms with Gasteiger partial charge < -0.3 is 15.5 Å². The summed E-state index contributed by atoms with van der Waals surface area (Å²) in [7, 11) is 1.67. The lowest BCUT2D eigenvalue weighted by Gasteiger charge is -2.39. The molecule has 0 spiro atoms. The fraction of sp³-hybridized carbons (Fsp3) is 0.600. The van der Waals surface area contributed by atoms with E-state index in [1.165, 1.54) is 11.8 Å². The zero-order valence-corrected chi connectivity index (χ0v) is 17.2. The van der Waals surface area contributed by atoms with Gasteiger partial charge in [-0.1, -0.05) is 19.1 Å². The topological polar surface area (TPSA) is 60.0 Å². The third-order valence-corrected chi connectivity index (χ3v) is 5.01. The summed E-state index contributed by atoms with van der Waals surface area (Å²) in [6.07, 6.45) is -2.91. The van der Waals surface area contributed by atoms with Gasteiger partial charge in [-0.05, 0) is 31.0 Å². The first-order valence-electron chi connectivity index (χ1n) is 9.89. The Labute approximate surface area is 170 Å². The van der Waals surface area contributed by atoms with E-state index in [-0.39, 0.29) is 5.91 Å². The van der Waals surface area contributed by atoms with E-state index < -0.39 is 12.2 Å². The first kappa shape index (κ1) is 23.0. The lowest BCUT2D eigenvalue weighted by Crippen LogP contribution is -2.56. The zero-order chi connectivity index (χ0) is 21.4. The molecule has 0 aromatic heterocycles. The number of piperazine rings is 1. The summed E-state index contributed by atoms with van der Waals surface area (Å²) in [4.78, 5) is 19.3. The summed E-state index contributed by atoms with van der Waals surface area (Å²) in [5.74, 6) is 0.669. The Hall–Kier alpha value is -2.29. The molecule has 2 rings (SSSR count). The molecule has 1 saturated heterocycles. The Morgan fingerprint density at radius 3 is 2.31 bits per heavy atom. The number of amides is 1. The Balaban J connectivity index is 1.83. The predicted molar refractivity (Wildman–Crippen MR) is 109 cm³/mol. The van der Waals surface area contributed by atoms with Crippen LogP contribution in [0.25, 0.3) is 0 Å². The highest BCUT2D eigenvalue weighted by Crippen LogP contribution is 2.25. The van der Waals surface area contributed by atoms with E-state index in [0.717, 1.165) is 17.7 Å². The number of aliphatic imine (C=N–C) groups is 1. The van der Waals surface area contributed by atoms with Gasteiger partial charge in [0.25, 0.3) is 0 Å². The van der Waals surface area contributed by atoms with Crippen LogP contribution in [0.3, 0.4) is 0 Å². The summed E-state index contributed by atoms with van der Waals surface area (Å²) >= 11 is 0. The molecule has 1 heterocycles. The summed E-state index contributed by atoms with van der Waals surface area (Å²) < 4.78 is 38.7. The van der Waals surface area contributed by atoms with E-state index in [1.54, 1.807) is 7.05 Å². The van der Waals surface area contributed by atoms with Gasteiger partial charge in [-0.3, -0.25) is 14.7 Å². The van der Waals surface area contributed by atoms with Gasteiger partial charge in [-0.25, -0.2) is 0 Å². The molecule has 6 nitrogen and oxygen atoms in total. The minimum atomic E-state index is -4.20. The maximum absolute atomic E-state index is 12.9. The van der Waals surface area contributed by atoms with Crippen molar-refractivity contribution in [3.05, 3.63) is 29.8 Å². The van der Waals surface area contributed by atoms with Gasteiger partial charge in [0.2, 0.25) is 5.91 Å². The second-order valence-electron chi connectivity index (χ2n) is 7.14. The summed E-state index contributed by atoms with van der Waals surface area (Å²) in [6.45, 7) is 5.36. The predicted octanol–water partition coefficient (Wildman–Crippen LogP) is 3.07. The summed E-state index contributed by atoms with van der Waals surface area (Å²) in [5, 5.41) is 6.10. The SMILES string of the molecule is CCCC(=O)Nc1ccc(CNC(=NC)N2CCN(C(C)C(F)(F)F)CC2)cc1. The number of carbonyl (C=O) groups is 1. The molecule has 1 aromatic carbocycles. The van der Waals surface area contributed by atoms with Crippen molar-refractivity contribution in [3.8, 4) is 0 Å². The van der Waals surface area contributed by atoms with Crippen molar-refractivity contribution in [1.82, 2.24) is 15.1 Å². The van der Waals surface area contributed by atoms with Gasteiger partial charge >= 0.3 is 6.18 Å². The molecule has 0 radical (unpaired) electrons. The Kier molecular flexibility index (Phi) is 8.31. The largest absolute Gasteiger partial charge is 0.403 e. The van der Waals surface area contributed by atoms with E-state index >= 15 is 0 Å². The van der Waals surface area contributed by atoms with Crippen LogP contribution in [-0.4, -0.2) is 67.1 Å². The van der Waals surface area contributed by atoms with Gasteiger partial charge in [0.15, 0.2) is 5.96 Å². The minimum absolute atomic E-state index is 0.00207. The van der Waals surface area contributed by atoms with Crippen molar-refractivity contribution >= 4 is 17.6 Å². The number of anilines is 1. The van der Waals surface area contributed by atoms with Gasteiger partial charge in [-0.2, -0.15) is 13.2 Å². The van der Waals surface area contributed by atoms with Crippen LogP contribution in [-0.2, 0) is 11.3 Å². The van der Waals surface area contributed by atoms with Crippen LogP contribution in [0.2, 0.25) is 0 Å². The molecule has 1 aliphatic rings. The average molecular weight is 413 g/mol. The Morgan fingerprint density at radius 1 is 1.17 bits per heavy atom. The molecule has 2 N–H and O–H groups in total. The van der Waals surface area contributed by atoms with Crippen molar-refractivity contribution in [3.63, 3.8) is 0 Å². The van der Waals surface area contributed by atoms with Gasteiger partial charge in [-0.15, -0.1) is 0 Å². The number of carbonyl (C=O) groups excluding carboxylic acids is 1. The second kappa shape index (κ2) is 10.5. The first-order chi connectivity index (χ1) is 13.7. The van der Waals surface area contributed by atoms with Crippen molar-refractivity contribution in [2.24, 2.45) is 4.99 Å². The van der Waals surface area contributed by atoms with Crippen LogP contribution < -0.4 is 10.6 Å². The Bertz CT molecular complexity index is 682. The number of hydrogen-bond acceptors (Lipinski definition) is 3. The molecule has 0 aliphatic carbocycles. The second-order valence-corrected chi connectivity index (χ2v) is 7.14. The molecule has 9 heteroatoms. The van der Waals surface area contributed by atoms with E-state index in [9.17, 15) is 18.0 Å². The molecule has 1 aliphatic heterocycles. The maximum Gasteiger partial charge on any atom is 0.403 e. The van der Waals surface area contributed by atoms with E-state index in [2.05, 4.69) is 15.6 Å². The van der Waals surface area contributed by atoms with Crippen molar-refractivity contribution in [2.75, 3.05) is 38.5 Å². The quantitative estimate of drug-likeness (QED) is 0.556.